The molecule has 2 aliphatic carbocycles. The molecule has 2 rings (SSSR count). The summed E-state index contributed by atoms with van der Waals surface area (Å²) in [4.78, 5) is 12.3. The number of rotatable bonds is 3. The number of methoxy groups -OCH3 is 1. The maximum Gasteiger partial charge on any atom is 0.223 e. The van der Waals surface area contributed by atoms with Crippen LogP contribution in [0.5, 0.6) is 0 Å². The quantitative estimate of drug-likeness (QED) is 0.801. The second-order valence-corrected chi connectivity index (χ2v) is 6.03. The summed E-state index contributed by atoms with van der Waals surface area (Å²) in [5.41, 5.74) is 5.94. The third-order valence-corrected chi connectivity index (χ3v) is 4.61. The summed E-state index contributed by atoms with van der Waals surface area (Å²) in [6, 6.07) is 0.596. The first-order valence-corrected chi connectivity index (χ1v) is 7.19. The van der Waals surface area contributed by atoms with Crippen molar-refractivity contribution in [2.24, 2.45) is 17.6 Å². The van der Waals surface area contributed by atoms with E-state index >= 15 is 0 Å². The molecule has 4 heteroatoms. The molecule has 104 valence electrons. The lowest BCUT2D eigenvalue weighted by Gasteiger charge is -2.32. The molecule has 0 aromatic heterocycles. The zero-order valence-corrected chi connectivity index (χ0v) is 11.5. The molecule has 2 saturated carbocycles. The molecule has 0 aromatic carbocycles. The van der Waals surface area contributed by atoms with E-state index < -0.39 is 0 Å². The van der Waals surface area contributed by atoms with Crippen molar-refractivity contribution >= 4 is 5.91 Å². The Labute approximate surface area is 110 Å². The van der Waals surface area contributed by atoms with Gasteiger partial charge < -0.3 is 15.8 Å². The minimum Gasteiger partial charge on any atom is -0.381 e. The zero-order valence-electron chi connectivity index (χ0n) is 11.5. The van der Waals surface area contributed by atoms with Gasteiger partial charge in [-0.05, 0) is 44.4 Å². The molecule has 1 amide bonds. The summed E-state index contributed by atoms with van der Waals surface area (Å²) in [6.07, 6.45) is 6.29. The summed E-state index contributed by atoms with van der Waals surface area (Å²) < 4.78 is 5.34. The summed E-state index contributed by atoms with van der Waals surface area (Å²) in [7, 11) is 1.75. The van der Waals surface area contributed by atoms with Gasteiger partial charge in [0, 0.05) is 25.1 Å². The molecule has 0 radical (unpaired) electrons. The lowest BCUT2D eigenvalue weighted by Crippen LogP contribution is -2.43. The SMILES string of the molecule is COC1CCC(NC(=O)C2CCC(N)CC2C)C1. The molecule has 0 bridgehead atoms. The normalized spacial score (nSPS) is 40.7. The van der Waals surface area contributed by atoms with Crippen LogP contribution in [-0.4, -0.2) is 31.2 Å². The van der Waals surface area contributed by atoms with Crippen molar-refractivity contribution in [1.29, 1.82) is 0 Å². The molecule has 4 nitrogen and oxygen atoms in total. The van der Waals surface area contributed by atoms with Crippen LogP contribution in [0.1, 0.15) is 45.4 Å². The topological polar surface area (TPSA) is 64.3 Å². The summed E-state index contributed by atoms with van der Waals surface area (Å²) in [6.45, 7) is 2.15. The third-order valence-electron chi connectivity index (χ3n) is 4.61. The molecule has 0 heterocycles. The summed E-state index contributed by atoms with van der Waals surface area (Å²) in [5.74, 6) is 0.802. The molecule has 3 N–H and O–H groups in total. The standard InChI is InChI=1S/C14H26N2O2/c1-9-7-10(15)3-6-13(9)14(17)16-11-4-5-12(8-11)18-2/h9-13H,3-8,15H2,1-2H3,(H,16,17). The largest absolute Gasteiger partial charge is 0.381 e. The van der Waals surface area contributed by atoms with Crippen LogP contribution < -0.4 is 11.1 Å². The minimum atomic E-state index is 0.159. The van der Waals surface area contributed by atoms with Gasteiger partial charge in [0.25, 0.3) is 0 Å². The first-order valence-electron chi connectivity index (χ1n) is 7.19. The van der Waals surface area contributed by atoms with Gasteiger partial charge in [-0.1, -0.05) is 6.92 Å². The molecule has 0 aliphatic heterocycles. The molecule has 2 aliphatic rings. The first-order chi connectivity index (χ1) is 8.60. The van der Waals surface area contributed by atoms with Crippen molar-refractivity contribution in [3.05, 3.63) is 0 Å². The van der Waals surface area contributed by atoms with Crippen LogP contribution >= 0.6 is 0 Å². The van der Waals surface area contributed by atoms with Crippen LogP contribution in [0.2, 0.25) is 0 Å². The molecule has 5 unspecified atom stereocenters. The van der Waals surface area contributed by atoms with Crippen LogP contribution in [0.3, 0.4) is 0 Å². The van der Waals surface area contributed by atoms with Gasteiger partial charge in [-0.3, -0.25) is 4.79 Å². The predicted molar refractivity (Wildman–Crippen MR) is 71.1 cm³/mol. The third kappa shape index (κ3) is 3.23. The van der Waals surface area contributed by atoms with Gasteiger partial charge in [0.1, 0.15) is 0 Å². The van der Waals surface area contributed by atoms with Crippen molar-refractivity contribution < 1.29 is 9.53 Å². The number of hydrogen-bond donors (Lipinski definition) is 2. The van der Waals surface area contributed by atoms with Gasteiger partial charge >= 0.3 is 0 Å². The van der Waals surface area contributed by atoms with E-state index in [1.165, 1.54) is 0 Å². The number of hydrogen-bond acceptors (Lipinski definition) is 3. The fourth-order valence-corrected chi connectivity index (χ4v) is 3.42. The smallest absolute Gasteiger partial charge is 0.223 e. The molecule has 18 heavy (non-hydrogen) atoms. The van der Waals surface area contributed by atoms with Crippen molar-refractivity contribution in [3.8, 4) is 0 Å². The van der Waals surface area contributed by atoms with E-state index in [1.807, 2.05) is 0 Å². The predicted octanol–water partition coefficient (Wildman–Crippen LogP) is 1.43. The molecule has 0 spiro atoms. The van der Waals surface area contributed by atoms with Crippen molar-refractivity contribution in [3.63, 3.8) is 0 Å². The van der Waals surface area contributed by atoms with E-state index in [1.54, 1.807) is 7.11 Å². The Morgan fingerprint density at radius 3 is 2.61 bits per heavy atom. The van der Waals surface area contributed by atoms with Gasteiger partial charge in [0.05, 0.1) is 6.10 Å². The van der Waals surface area contributed by atoms with Crippen molar-refractivity contribution in [1.82, 2.24) is 5.32 Å². The van der Waals surface area contributed by atoms with Crippen LogP contribution in [0.25, 0.3) is 0 Å². The van der Waals surface area contributed by atoms with Gasteiger partial charge in [0.15, 0.2) is 0 Å². The maximum absolute atomic E-state index is 12.3. The number of carbonyl (C=O) groups is 1. The number of nitrogens with one attached hydrogen (secondary N) is 1. The Morgan fingerprint density at radius 1 is 1.22 bits per heavy atom. The molecule has 5 atom stereocenters. The Balaban J connectivity index is 1.81. The van der Waals surface area contributed by atoms with Crippen LogP contribution in [0.15, 0.2) is 0 Å². The van der Waals surface area contributed by atoms with Crippen LogP contribution in [0.4, 0.5) is 0 Å². The first kappa shape index (κ1) is 13.8. The van der Waals surface area contributed by atoms with Crippen LogP contribution in [0, 0.1) is 11.8 Å². The molecule has 2 fully saturated rings. The van der Waals surface area contributed by atoms with Crippen LogP contribution in [-0.2, 0) is 9.53 Å². The molecular formula is C14H26N2O2. The average Bonchev–Trinajstić information content (AvgIpc) is 2.76. The van der Waals surface area contributed by atoms with E-state index in [4.69, 9.17) is 10.5 Å². The summed E-state index contributed by atoms with van der Waals surface area (Å²) >= 11 is 0. The second-order valence-electron chi connectivity index (χ2n) is 6.03. The van der Waals surface area contributed by atoms with Crippen molar-refractivity contribution in [2.75, 3.05) is 7.11 Å². The fourth-order valence-electron chi connectivity index (χ4n) is 3.42. The molecular weight excluding hydrogens is 228 g/mol. The number of nitrogens with two attached hydrogens (primary N) is 1. The number of amides is 1. The highest BCUT2D eigenvalue weighted by molar-refractivity contribution is 5.79. The monoisotopic (exact) mass is 254 g/mol. The minimum absolute atomic E-state index is 0.159. The highest BCUT2D eigenvalue weighted by Gasteiger charge is 2.33. The van der Waals surface area contributed by atoms with Crippen molar-refractivity contribution in [2.45, 2.75) is 63.6 Å². The van der Waals surface area contributed by atoms with Gasteiger partial charge in [0.2, 0.25) is 5.91 Å². The number of ether oxygens (including phenoxy) is 1. The molecule has 0 aromatic rings. The van der Waals surface area contributed by atoms with Gasteiger partial charge in [-0.2, -0.15) is 0 Å². The maximum atomic E-state index is 12.3. The van der Waals surface area contributed by atoms with E-state index in [-0.39, 0.29) is 17.9 Å². The van der Waals surface area contributed by atoms with Gasteiger partial charge in [-0.15, -0.1) is 0 Å². The van der Waals surface area contributed by atoms with E-state index in [9.17, 15) is 4.79 Å². The summed E-state index contributed by atoms with van der Waals surface area (Å²) in [5, 5.41) is 3.20. The van der Waals surface area contributed by atoms with E-state index in [2.05, 4.69) is 12.2 Å². The average molecular weight is 254 g/mol. The number of carbonyl (C=O) groups excluding carboxylic acids is 1. The highest BCUT2D eigenvalue weighted by atomic mass is 16.5. The highest BCUT2D eigenvalue weighted by Crippen LogP contribution is 2.30. The van der Waals surface area contributed by atoms with Gasteiger partial charge in [-0.25, -0.2) is 0 Å². The Morgan fingerprint density at radius 2 is 2.00 bits per heavy atom. The zero-order chi connectivity index (χ0) is 13.1. The molecule has 0 saturated heterocycles. The lowest BCUT2D eigenvalue weighted by atomic mass is 9.77. The lowest BCUT2D eigenvalue weighted by molar-refractivity contribution is -0.128. The van der Waals surface area contributed by atoms with E-state index in [0.29, 0.717) is 18.1 Å². The Bertz CT molecular complexity index is 296. The fraction of sp³-hybridized carbons (Fsp3) is 0.929. The van der Waals surface area contributed by atoms with E-state index in [0.717, 1.165) is 38.5 Å². The Kier molecular flexibility index (Phi) is 4.62. The second kappa shape index (κ2) is 6.02. The Hall–Kier alpha value is -0.610.